The number of esters is 1. The van der Waals surface area contributed by atoms with Crippen LogP contribution in [0.3, 0.4) is 0 Å². The SMILES string of the molecule is CCOC(=O)/C=C/c1ccc(NC(=O)N2CCCC2C2CCCCC2)cc1. The van der Waals surface area contributed by atoms with Crippen LogP contribution >= 0.6 is 0 Å². The lowest BCUT2D eigenvalue weighted by Gasteiger charge is -2.34. The van der Waals surface area contributed by atoms with E-state index >= 15 is 0 Å². The Labute approximate surface area is 161 Å². The zero-order valence-electron chi connectivity index (χ0n) is 16.2. The topological polar surface area (TPSA) is 58.6 Å². The van der Waals surface area contributed by atoms with E-state index in [1.807, 2.05) is 29.2 Å². The molecule has 0 aromatic heterocycles. The van der Waals surface area contributed by atoms with Crippen molar-refractivity contribution < 1.29 is 14.3 Å². The first-order chi connectivity index (χ1) is 13.2. The standard InChI is InChI=1S/C22H30N2O3/c1-2-27-21(25)15-12-17-10-13-19(14-11-17)23-22(26)24-16-6-9-20(24)18-7-4-3-5-8-18/h10-15,18,20H,2-9,16H2,1H3,(H,23,26)/b15-12+. The van der Waals surface area contributed by atoms with E-state index in [1.165, 1.54) is 38.2 Å². The van der Waals surface area contributed by atoms with Crippen LogP contribution in [0.2, 0.25) is 0 Å². The van der Waals surface area contributed by atoms with Crippen LogP contribution in [0.15, 0.2) is 30.3 Å². The molecular formula is C22H30N2O3. The number of anilines is 1. The summed E-state index contributed by atoms with van der Waals surface area (Å²) in [6.45, 7) is 3.00. The Morgan fingerprint density at radius 2 is 1.85 bits per heavy atom. The number of rotatable bonds is 5. The minimum atomic E-state index is -0.349. The van der Waals surface area contributed by atoms with E-state index in [1.54, 1.807) is 13.0 Å². The van der Waals surface area contributed by atoms with Crippen LogP contribution in [0.25, 0.3) is 6.08 Å². The number of nitrogens with zero attached hydrogens (tertiary/aromatic N) is 1. The van der Waals surface area contributed by atoms with E-state index in [0.29, 0.717) is 18.6 Å². The number of likely N-dealkylation sites (tertiary alicyclic amines) is 1. The molecule has 1 aromatic carbocycles. The Morgan fingerprint density at radius 1 is 1.11 bits per heavy atom. The number of benzene rings is 1. The summed E-state index contributed by atoms with van der Waals surface area (Å²) in [6.07, 6.45) is 11.8. The summed E-state index contributed by atoms with van der Waals surface area (Å²) in [7, 11) is 0. The molecule has 0 radical (unpaired) electrons. The molecule has 1 saturated heterocycles. The molecule has 0 bridgehead atoms. The van der Waals surface area contributed by atoms with Crippen molar-refractivity contribution in [1.82, 2.24) is 4.90 Å². The maximum Gasteiger partial charge on any atom is 0.330 e. The van der Waals surface area contributed by atoms with Crippen LogP contribution in [-0.2, 0) is 9.53 Å². The second-order valence-electron chi connectivity index (χ2n) is 7.44. The highest BCUT2D eigenvalue weighted by molar-refractivity contribution is 5.90. The average molecular weight is 370 g/mol. The van der Waals surface area contributed by atoms with Crippen molar-refractivity contribution in [2.75, 3.05) is 18.5 Å². The van der Waals surface area contributed by atoms with Gasteiger partial charge in [-0.15, -0.1) is 0 Å². The smallest absolute Gasteiger partial charge is 0.330 e. The predicted molar refractivity (Wildman–Crippen MR) is 107 cm³/mol. The van der Waals surface area contributed by atoms with Crippen molar-refractivity contribution in [3.05, 3.63) is 35.9 Å². The molecule has 1 aliphatic heterocycles. The molecular weight excluding hydrogens is 340 g/mol. The molecule has 1 unspecified atom stereocenters. The molecule has 1 heterocycles. The van der Waals surface area contributed by atoms with Gasteiger partial charge in [-0.05, 0) is 62.3 Å². The molecule has 27 heavy (non-hydrogen) atoms. The normalized spacial score (nSPS) is 20.8. The van der Waals surface area contributed by atoms with Crippen molar-refractivity contribution >= 4 is 23.8 Å². The molecule has 2 aliphatic rings. The molecule has 5 heteroatoms. The lowest BCUT2D eigenvalue weighted by Crippen LogP contribution is -2.43. The van der Waals surface area contributed by atoms with E-state index < -0.39 is 0 Å². The van der Waals surface area contributed by atoms with E-state index in [9.17, 15) is 9.59 Å². The van der Waals surface area contributed by atoms with Gasteiger partial charge in [0.25, 0.3) is 0 Å². The monoisotopic (exact) mass is 370 g/mol. The molecule has 1 atom stereocenters. The predicted octanol–water partition coefficient (Wildman–Crippen LogP) is 4.84. The molecule has 1 aromatic rings. The Bertz CT molecular complexity index is 663. The van der Waals surface area contributed by atoms with Crippen LogP contribution < -0.4 is 5.32 Å². The summed E-state index contributed by atoms with van der Waals surface area (Å²) in [6, 6.07) is 7.92. The van der Waals surface area contributed by atoms with Crippen LogP contribution in [0, 0.1) is 5.92 Å². The minimum Gasteiger partial charge on any atom is -0.463 e. The second-order valence-corrected chi connectivity index (χ2v) is 7.44. The summed E-state index contributed by atoms with van der Waals surface area (Å²) in [5.41, 5.74) is 1.67. The fraction of sp³-hybridized carbons (Fsp3) is 0.545. The second kappa shape index (κ2) is 9.58. The van der Waals surface area contributed by atoms with Crippen LogP contribution in [0.4, 0.5) is 10.5 Å². The number of hydrogen-bond donors (Lipinski definition) is 1. The van der Waals surface area contributed by atoms with Gasteiger partial charge >= 0.3 is 12.0 Å². The largest absolute Gasteiger partial charge is 0.463 e. The molecule has 146 valence electrons. The number of carbonyl (C=O) groups excluding carboxylic acids is 2. The van der Waals surface area contributed by atoms with Crippen LogP contribution in [0.1, 0.15) is 57.4 Å². The zero-order valence-corrected chi connectivity index (χ0v) is 16.2. The Morgan fingerprint density at radius 3 is 2.56 bits per heavy atom. The summed E-state index contributed by atoms with van der Waals surface area (Å²) in [5, 5.41) is 3.04. The molecule has 0 spiro atoms. The van der Waals surface area contributed by atoms with Gasteiger partial charge in [-0.25, -0.2) is 9.59 Å². The first-order valence-corrected chi connectivity index (χ1v) is 10.2. The maximum absolute atomic E-state index is 12.8. The van der Waals surface area contributed by atoms with Gasteiger partial charge in [0.05, 0.1) is 6.61 Å². The van der Waals surface area contributed by atoms with Crippen molar-refractivity contribution in [1.29, 1.82) is 0 Å². The summed E-state index contributed by atoms with van der Waals surface area (Å²) in [4.78, 5) is 26.2. The number of urea groups is 1. The highest BCUT2D eigenvalue weighted by Crippen LogP contribution is 2.34. The zero-order chi connectivity index (χ0) is 19.1. The first kappa shape index (κ1) is 19.5. The summed E-state index contributed by atoms with van der Waals surface area (Å²) in [5.74, 6) is 0.319. The summed E-state index contributed by atoms with van der Waals surface area (Å²) < 4.78 is 4.87. The number of nitrogens with one attached hydrogen (secondary N) is 1. The van der Waals surface area contributed by atoms with E-state index in [4.69, 9.17) is 4.74 Å². The van der Waals surface area contributed by atoms with Crippen molar-refractivity contribution in [2.45, 2.75) is 57.9 Å². The van der Waals surface area contributed by atoms with Gasteiger partial charge in [0, 0.05) is 24.4 Å². The van der Waals surface area contributed by atoms with Gasteiger partial charge < -0.3 is 15.0 Å². The number of ether oxygens (including phenoxy) is 1. The Kier molecular flexibility index (Phi) is 6.91. The molecule has 5 nitrogen and oxygen atoms in total. The van der Waals surface area contributed by atoms with E-state index in [2.05, 4.69) is 5.32 Å². The lowest BCUT2D eigenvalue weighted by molar-refractivity contribution is -0.137. The Balaban J connectivity index is 1.56. The highest BCUT2D eigenvalue weighted by atomic mass is 16.5. The maximum atomic E-state index is 12.8. The quantitative estimate of drug-likeness (QED) is 0.596. The van der Waals surface area contributed by atoms with Crippen LogP contribution in [0.5, 0.6) is 0 Å². The van der Waals surface area contributed by atoms with Crippen molar-refractivity contribution in [3.63, 3.8) is 0 Å². The Hall–Kier alpha value is -2.30. The summed E-state index contributed by atoms with van der Waals surface area (Å²) >= 11 is 0. The van der Waals surface area contributed by atoms with E-state index in [0.717, 1.165) is 30.6 Å². The molecule has 2 amide bonds. The third-order valence-corrected chi connectivity index (χ3v) is 5.61. The first-order valence-electron chi connectivity index (χ1n) is 10.2. The van der Waals surface area contributed by atoms with Gasteiger partial charge in [0.2, 0.25) is 0 Å². The highest BCUT2D eigenvalue weighted by Gasteiger charge is 2.35. The molecule has 2 fully saturated rings. The average Bonchev–Trinajstić information content (AvgIpc) is 3.18. The number of hydrogen-bond acceptors (Lipinski definition) is 3. The van der Waals surface area contributed by atoms with E-state index in [-0.39, 0.29) is 12.0 Å². The minimum absolute atomic E-state index is 0.0119. The molecule has 3 rings (SSSR count). The van der Waals surface area contributed by atoms with Gasteiger partial charge in [-0.3, -0.25) is 0 Å². The fourth-order valence-electron chi connectivity index (χ4n) is 4.28. The molecule has 1 N–H and O–H groups in total. The third kappa shape index (κ3) is 5.34. The van der Waals surface area contributed by atoms with Gasteiger partial charge in [-0.1, -0.05) is 31.4 Å². The van der Waals surface area contributed by atoms with Gasteiger partial charge in [-0.2, -0.15) is 0 Å². The third-order valence-electron chi connectivity index (χ3n) is 5.61. The van der Waals surface area contributed by atoms with Crippen molar-refractivity contribution in [2.24, 2.45) is 5.92 Å². The van der Waals surface area contributed by atoms with Gasteiger partial charge in [0.15, 0.2) is 0 Å². The molecule has 1 aliphatic carbocycles. The van der Waals surface area contributed by atoms with Crippen LogP contribution in [-0.4, -0.2) is 36.1 Å². The van der Waals surface area contributed by atoms with Gasteiger partial charge in [0.1, 0.15) is 0 Å². The number of carbonyl (C=O) groups is 2. The fourth-order valence-corrected chi connectivity index (χ4v) is 4.28. The van der Waals surface area contributed by atoms with Crippen molar-refractivity contribution in [3.8, 4) is 0 Å². The molecule has 1 saturated carbocycles. The lowest BCUT2D eigenvalue weighted by atomic mass is 9.83. The number of amides is 2.